The summed E-state index contributed by atoms with van der Waals surface area (Å²) in [6, 6.07) is 12.6. The van der Waals surface area contributed by atoms with E-state index in [0.29, 0.717) is 22.6 Å². The van der Waals surface area contributed by atoms with Gasteiger partial charge in [-0.15, -0.1) is 0 Å². The van der Waals surface area contributed by atoms with Gasteiger partial charge in [-0.25, -0.2) is 4.79 Å². The number of ether oxygens (including phenoxy) is 1. The second-order valence-corrected chi connectivity index (χ2v) is 8.82. The molecule has 0 unspecified atom stereocenters. The lowest BCUT2D eigenvalue weighted by Gasteiger charge is -2.26. The van der Waals surface area contributed by atoms with Crippen molar-refractivity contribution in [2.45, 2.75) is 52.7 Å². The summed E-state index contributed by atoms with van der Waals surface area (Å²) in [5.74, 6) is -0.864. The molecule has 0 bridgehead atoms. The fraction of sp³-hybridized carbons (Fsp3) is 0.375. The van der Waals surface area contributed by atoms with Crippen LogP contribution in [0.15, 0.2) is 48.5 Å². The second-order valence-electron chi connectivity index (χ2n) is 8.38. The maximum absolute atomic E-state index is 13.1. The van der Waals surface area contributed by atoms with Crippen molar-refractivity contribution in [3.8, 4) is 0 Å². The van der Waals surface area contributed by atoms with E-state index in [1.54, 1.807) is 57.2 Å². The summed E-state index contributed by atoms with van der Waals surface area (Å²) in [6.45, 7) is 9.02. The second kappa shape index (κ2) is 10.4. The van der Waals surface area contributed by atoms with Gasteiger partial charge in [-0.05, 0) is 44.9 Å². The normalized spacial score (nSPS) is 13.1. The van der Waals surface area contributed by atoms with E-state index in [1.165, 1.54) is 6.07 Å². The molecule has 31 heavy (non-hydrogen) atoms. The molecule has 2 aromatic carbocycles. The van der Waals surface area contributed by atoms with Crippen LogP contribution in [-0.4, -0.2) is 29.4 Å². The van der Waals surface area contributed by atoms with Crippen LogP contribution in [0.3, 0.4) is 0 Å². The largest absolute Gasteiger partial charge is 0.444 e. The van der Waals surface area contributed by atoms with Gasteiger partial charge in [0.25, 0.3) is 0 Å². The molecule has 0 heterocycles. The van der Waals surface area contributed by atoms with Gasteiger partial charge in [-0.2, -0.15) is 0 Å². The number of benzene rings is 2. The number of carbonyl (C=O) groups is 3. The molecule has 2 aromatic rings. The van der Waals surface area contributed by atoms with Gasteiger partial charge in [0.05, 0.1) is 5.69 Å². The first-order valence-electron chi connectivity index (χ1n) is 10.2. The molecular formula is C24H29ClN2O4. The summed E-state index contributed by atoms with van der Waals surface area (Å²) in [6.07, 6.45) is -0.0289. The molecule has 6 nitrogen and oxygen atoms in total. The Kier molecular flexibility index (Phi) is 8.22. The summed E-state index contributed by atoms with van der Waals surface area (Å²) in [5.41, 5.74) is 0.392. The lowest BCUT2D eigenvalue weighted by atomic mass is 9.97. The molecule has 2 N–H and O–H groups in total. The third kappa shape index (κ3) is 7.10. The third-order valence-electron chi connectivity index (χ3n) is 4.69. The van der Waals surface area contributed by atoms with Crippen LogP contribution in [0, 0.1) is 5.92 Å². The molecule has 0 aliphatic carbocycles. The van der Waals surface area contributed by atoms with Crippen molar-refractivity contribution in [1.29, 1.82) is 0 Å². The van der Waals surface area contributed by atoms with Gasteiger partial charge in [0.1, 0.15) is 11.6 Å². The van der Waals surface area contributed by atoms with E-state index >= 15 is 0 Å². The maximum atomic E-state index is 13.1. The minimum absolute atomic E-state index is 0.167. The van der Waals surface area contributed by atoms with Crippen molar-refractivity contribution in [2.24, 2.45) is 5.92 Å². The minimum Gasteiger partial charge on any atom is -0.444 e. The minimum atomic E-state index is -0.849. The number of hydrogen-bond acceptors (Lipinski definition) is 4. The average Bonchev–Trinajstić information content (AvgIpc) is 2.70. The summed E-state index contributed by atoms with van der Waals surface area (Å²) in [5, 5.41) is 5.79. The quantitative estimate of drug-likeness (QED) is 0.556. The Morgan fingerprint density at radius 1 is 1.06 bits per heavy atom. The predicted molar refractivity (Wildman–Crippen MR) is 123 cm³/mol. The van der Waals surface area contributed by atoms with Gasteiger partial charge in [-0.3, -0.25) is 9.59 Å². The highest BCUT2D eigenvalue weighted by Crippen LogP contribution is 2.25. The molecular weight excluding hydrogens is 416 g/mol. The molecule has 166 valence electrons. The highest BCUT2D eigenvalue weighted by atomic mass is 35.5. The van der Waals surface area contributed by atoms with Crippen molar-refractivity contribution in [2.75, 3.05) is 5.32 Å². The molecule has 0 aliphatic heterocycles. The van der Waals surface area contributed by atoms with E-state index in [-0.39, 0.29) is 17.4 Å². The monoisotopic (exact) mass is 444 g/mol. The van der Waals surface area contributed by atoms with Gasteiger partial charge < -0.3 is 15.4 Å². The van der Waals surface area contributed by atoms with E-state index < -0.39 is 23.6 Å². The Balaban J connectivity index is 2.30. The number of anilines is 1. The van der Waals surface area contributed by atoms with Crippen molar-refractivity contribution < 1.29 is 19.1 Å². The van der Waals surface area contributed by atoms with Crippen LogP contribution in [0.1, 0.15) is 57.0 Å². The smallest absolute Gasteiger partial charge is 0.408 e. The Bertz CT molecular complexity index is 938. The standard InChI is InChI=1S/C24H29ClN2O4/c1-6-15(2)20(27-23(30)31-24(3,4)5)22(29)26-19-14-17(25)12-13-18(19)21(28)16-10-8-7-9-11-16/h7-15,20H,6H2,1-5H3,(H,26,29)(H,27,30)/t15-,20-/m0/s1. The number of alkyl carbamates (subject to hydrolysis) is 1. The van der Waals surface area contributed by atoms with Crippen LogP contribution >= 0.6 is 11.6 Å². The fourth-order valence-corrected chi connectivity index (χ4v) is 3.08. The summed E-state index contributed by atoms with van der Waals surface area (Å²) >= 11 is 6.12. The van der Waals surface area contributed by atoms with E-state index in [0.717, 1.165) is 0 Å². The van der Waals surface area contributed by atoms with Gasteiger partial charge in [-0.1, -0.05) is 62.2 Å². The maximum Gasteiger partial charge on any atom is 0.408 e. The van der Waals surface area contributed by atoms with Gasteiger partial charge in [0.15, 0.2) is 5.78 Å². The highest BCUT2D eigenvalue weighted by Gasteiger charge is 2.29. The van der Waals surface area contributed by atoms with Crippen LogP contribution in [0.5, 0.6) is 0 Å². The molecule has 0 radical (unpaired) electrons. The Hall–Kier alpha value is -2.86. The SMILES string of the molecule is CC[C@H](C)[C@H](NC(=O)OC(C)(C)C)C(=O)Nc1cc(Cl)ccc1C(=O)c1ccccc1. The Labute approximate surface area is 188 Å². The highest BCUT2D eigenvalue weighted by molar-refractivity contribution is 6.31. The number of nitrogens with one attached hydrogen (secondary N) is 2. The molecule has 0 saturated heterocycles. The van der Waals surface area contributed by atoms with Crippen molar-refractivity contribution in [3.05, 3.63) is 64.7 Å². The van der Waals surface area contributed by atoms with Gasteiger partial charge in [0.2, 0.25) is 5.91 Å². The Morgan fingerprint density at radius 3 is 2.29 bits per heavy atom. The fourth-order valence-electron chi connectivity index (χ4n) is 2.91. The van der Waals surface area contributed by atoms with E-state index in [4.69, 9.17) is 16.3 Å². The third-order valence-corrected chi connectivity index (χ3v) is 4.92. The summed E-state index contributed by atoms with van der Waals surface area (Å²) in [7, 11) is 0. The zero-order valence-corrected chi connectivity index (χ0v) is 19.2. The molecule has 0 aliphatic rings. The van der Waals surface area contributed by atoms with Crippen LogP contribution in [0.25, 0.3) is 0 Å². The molecule has 2 atom stereocenters. The number of hydrogen-bond donors (Lipinski definition) is 2. The van der Waals surface area contributed by atoms with Crippen LogP contribution < -0.4 is 10.6 Å². The molecule has 2 rings (SSSR count). The first-order valence-corrected chi connectivity index (χ1v) is 10.6. The summed E-state index contributed by atoms with van der Waals surface area (Å²) < 4.78 is 5.30. The molecule has 0 saturated carbocycles. The first-order chi connectivity index (χ1) is 14.5. The molecule has 2 amide bonds. The predicted octanol–water partition coefficient (Wildman–Crippen LogP) is 5.45. The van der Waals surface area contributed by atoms with Crippen LogP contribution in [-0.2, 0) is 9.53 Å². The number of carbonyl (C=O) groups excluding carboxylic acids is 3. The Morgan fingerprint density at radius 2 is 1.71 bits per heavy atom. The number of ketones is 1. The number of rotatable bonds is 7. The lowest BCUT2D eigenvalue weighted by molar-refractivity contribution is -0.119. The van der Waals surface area contributed by atoms with E-state index in [2.05, 4.69) is 10.6 Å². The van der Waals surface area contributed by atoms with Crippen molar-refractivity contribution in [3.63, 3.8) is 0 Å². The zero-order chi connectivity index (χ0) is 23.2. The van der Waals surface area contributed by atoms with Crippen LogP contribution in [0.4, 0.5) is 10.5 Å². The zero-order valence-electron chi connectivity index (χ0n) is 18.5. The summed E-state index contributed by atoms with van der Waals surface area (Å²) in [4.78, 5) is 38.3. The number of amides is 2. The van der Waals surface area contributed by atoms with Gasteiger partial charge >= 0.3 is 6.09 Å². The van der Waals surface area contributed by atoms with E-state index in [1.807, 2.05) is 19.9 Å². The van der Waals surface area contributed by atoms with Crippen molar-refractivity contribution in [1.82, 2.24) is 5.32 Å². The topological polar surface area (TPSA) is 84.5 Å². The molecule has 0 aromatic heterocycles. The molecule has 0 spiro atoms. The van der Waals surface area contributed by atoms with Crippen LogP contribution in [0.2, 0.25) is 5.02 Å². The lowest BCUT2D eigenvalue weighted by Crippen LogP contribution is -2.49. The van der Waals surface area contributed by atoms with E-state index in [9.17, 15) is 14.4 Å². The molecule has 7 heteroatoms. The van der Waals surface area contributed by atoms with Crippen molar-refractivity contribution >= 4 is 35.1 Å². The van der Waals surface area contributed by atoms with Gasteiger partial charge in [0, 0.05) is 16.1 Å². The average molecular weight is 445 g/mol. The number of halogens is 1. The molecule has 0 fully saturated rings. The first kappa shape index (κ1) is 24.4.